The predicted octanol–water partition coefficient (Wildman–Crippen LogP) is 2.31. The van der Waals surface area contributed by atoms with E-state index < -0.39 is 0 Å². The largest absolute Gasteiger partial charge is 0.241 e. The van der Waals surface area contributed by atoms with Crippen molar-refractivity contribution in [2.24, 2.45) is 0 Å². The van der Waals surface area contributed by atoms with Crippen LogP contribution in [0.15, 0.2) is 24.3 Å². The van der Waals surface area contributed by atoms with E-state index in [1.165, 1.54) is 6.07 Å². The Morgan fingerprint density at radius 2 is 2.31 bits per heavy atom. The fraction of sp³-hybridized carbons (Fsp3) is 0.455. The summed E-state index contributed by atoms with van der Waals surface area (Å²) in [6.07, 6.45) is 2.29. The van der Waals surface area contributed by atoms with Crippen LogP contribution in [-0.2, 0) is 0 Å². The summed E-state index contributed by atoms with van der Waals surface area (Å²) in [4.78, 5) is 0. The van der Waals surface area contributed by atoms with Crippen LogP contribution >= 0.6 is 0 Å². The van der Waals surface area contributed by atoms with Crippen molar-refractivity contribution in [2.45, 2.75) is 18.8 Å². The quantitative estimate of drug-likeness (QED) is 0.626. The smallest absolute Gasteiger partial charge is 0.123 e. The van der Waals surface area contributed by atoms with E-state index >= 15 is 0 Å². The maximum atomic E-state index is 12.9. The molecule has 1 nitrogen and oxygen atoms in total. The van der Waals surface area contributed by atoms with Crippen molar-refractivity contribution in [2.75, 3.05) is 13.1 Å². The summed E-state index contributed by atoms with van der Waals surface area (Å²) in [5.41, 5.74) is 1.10. The molecule has 0 N–H and O–H groups in total. The summed E-state index contributed by atoms with van der Waals surface area (Å²) in [6.45, 7) is 1.84. The van der Waals surface area contributed by atoms with Gasteiger partial charge in [0.1, 0.15) is 5.82 Å². The molecule has 0 saturated carbocycles. The first-order chi connectivity index (χ1) is 6.36. The second-order valence-electron chi connectivity index (χ2n) is 3.52. The second kappa shape index (κ2) is 3.88. The highest BCUT2D eigenvalue weighted by atomic mass is 19.1. The van der Waals surface area contributed by atoms with Crippen LogP contribution in [0.4, 0.5) is 4.39 Å². The minimum absolute atomic E-state index is 0.136. The van der Waals surface area contributed by atoms with Crippen LogP contribution < -0.4 is 5.32 Å². The van der Waals surface area contributed by atoms with Gasteiger partial charge in [-0.2, -0.15) is 0 Å². The van der Waals surface area contributed by atoms with Crippen molar-refractivity contribution in [1.29, 1.82) is 0 Å². The molecule has 13 heavy (non-hydrogen) atoms. The molecule has 1 unspecified atom stereocenters. The maximum Gasteiger partial charge on any atom is 0.123 e. The van der Waals surface area contributed by atoms with Gasteiger partial charge in [-0.15, -0.1) is 0 Å². The van der Waals surface area contributed by atoms with Gasteiger partial charge in [-0.25, -0.2) is 9.71 Å². The molecule has 1 fully saturated rings. The van der Waals surface area contributed by atoms with E-state index in [4.69, 9.17) is 0 Å². The number of halogens is 1. The fourth-order valence-electron chi connectivity index (χ4n) is 1.82. The lowest BCUT2D eigenvalue weighted by Gasteiger charge is -2.21. The molecule has 0 spiro atoms. The molecule has 69 valence electrons. The van der Waals surface area contributed by atoms with E-state index in [9.17, 15) is 4.39 Å². The Bertz CT molecular complexity index is 279. The molecule has 1 aliphatic rings. The van der Waals surface area contributed by atoms with Gasteiger partial charge in [0.2, 0.25) is 0 Å². The van der Waals surface area contributed by atoms with Crippen molar-refractivity contribution in [3.8, 4) is 0 Å². The normalized spacial score (nSPS) is 23.0. The first-order valence-electron chi connectivity index (χ1n) is 4.75. The average molecular weight is 178 g/mol. The summed E-state index contributed by atoms with van der Waals surface area (Å²) in [7, 11) is 0. The molecule has 1 atom stereocenters. The van der Waals surface area contributed by atoms with Gasteiger partial charge in [-0.05, 0) is 36.5 Å². The summed E-state index contributed by atoms with van der Waals surface area (Å²) in [6, 6.07) is 6.89. The molecule has 1 saturated heterocycles. The van der Waals surface area contributed by atoms with Gasteiger partial charge in [-0.1, -0.05) is 12.1 Å². The molecule has 2 heteroatoms. The topological polar surface area (TPSA) is 14.1 Å². The highest BCUT2D eigenvalue weighted by Gasteiger charge is 2.15. The van der Waals surface area contributed by atoms with E-state index in [1.807, 2.05) is 6.07 Å². The van der Waals surface area contributed by atoms with Crippen molar-refractivity contribution >= 4 is 0 Å². The van der Waals surface area contributed by atoms with Crippen LogP contribution in [0.3, 0.4) is 0 Å². The first-order valence-corrected chi connectivity index (χ1v) is 4.75. The molecule has 1 aliphatic heterocycles. The number of hydrogen-bond acceptors (Lipinski definition) is 0. The number of benzene rings is 1. The van der Waals surface area contributed by atoms with Gasteiger partial charge in [0, 0.05) is 13.1 Å². The van der Waals surface area contributed by atoms with Gasteiger partial charge >= 0.3 is 0 Å². The molecule has 0 aromatic heterocycles. The van der Waals surface area contributed by atoms with E-state index in [0.29, 0.717) is 5.92 Å². The number of piperidine rings is 1. The highest BCUT2D eigenvalue weighted by Crippen LogP contribution is 2.23. The van der Waals surface area contributed by atoms with Crippen LogP contribution in [0.2, 0.25) is 0 Å². The Balaban J connectivity index is 2.14. The Kier molecular flexibility index (Phi) is 2.60. The Hall–Kier alpha value is -0.890. The van der Waals surface area contributed by atoms with Gasteiger partial charge in [0.15, 0.2) is 0 Å². The molecule has 2 rings (SSSR count). The minimum Gasteiger partial charge on any atom is -0.241 e. The Morgan fingerprint density at radius 1 is 1.38 bits per heavy atom. The zero-order valence-electron chi connectivity index (χ0n) is 7.54. The summed E-state index contributed by atoms with van der Waals surface area (Å²) >= 11 is 0. The minimum atomic E-state index is -0.136. The van der Waals surface area contributed by atoms with Gasteiger partial charge in [-0.3, -0.25) is 0 Å². The lowest BCUT2D eigenvalue weighted by atomic mass is 9.92. The van der Waals surface area contributed by atoms with E-state index in [1.54, 1.807) is 12.1 Å². The zero-order valence-corrected chi connectivity index (χ0v) is 7.54. The lowest BCUT2D eigenvalue weighted by molar-refractivity contribution is 0.452. The summed E-state index contributed by atoms with van der Waals surface area (Å²) in [5.74, 6) is 0.313. The number of hydrogen-bond donors (Lipinski definition) is 0. The zero-order chi connectivity index (χ0) is 9.10. The molecule has 1 heterocycles. The monoisotopic (exact) mass is 178 g/mol. The van der Waals surface area contributed by atoms with Crippen LogP contribution in [-0.4, -0.2) is 13.1 Å². The molecule has 0 bridgehead atoms. The third-order valence-corrected chi connectivity index (χ3v) is 2.54. The maximum absolute atomic E-state index is 12.9. The number of rotatable bonds is 1. The fourth-order valence-corrected chi connectivity index (χ4v) is 1.82. The van der Waals surface area contributed by atoms with Gasteiger partial charge < -0.3 is 0 Å². The van der Waals surface area contributed by atoms with E-state index in [0.717, 1.165) is 31.5 Å². The lowest BCUT2D eigenvalue weighted by Crippen LogP contribution is -2.22. The van der Waals surface area contributed by atoms with Crippen LogP contribution in [0.25, 0.3) is 0 Å². The summed E-state index contributed by atoms with van der Waals surface area (Å²) in [5, 5.41) is 4.34. The third kappa shape index (κ3) is 2.07. The highest BCUT2D eigenvalue weighted by molar-refractivity contribution is 5.21. The molecular weight excluding hydrogens is 165 g/mol. The van der Waals surface area contributed by atoms with Crippen molar-refractivity contribution in [3.63, 3.8) is 0 Å². The van der Waals surface area contributed by atoms with Gasteiger partial charge in [0.25, 0.3) is 0 Å². The molecule has 1 radical (unpaired) electrons. The molecule has 0 aliphatic carbocycles. The van der Waals surface area contributed by atoms with Crippen molar-refractivity contribution in [1.82, 2.24) is 5.32 Å². The van der Waals surface area contributed by atoms with Crippen molar-refractivity contribution in [3.05, 3.63) is 35.6 Å². The SMILES string of the molecule is Fc1cccc(C2CCC[N]C2)c1. The molecular formula is C11H13FN. The standard InChI is InChI=1S/C11H13FN/c12-11-5-1-3-9(7-11)10-4-2-6-13-8-10/h1,3,5,7,10H,2,4,6,8H2. The molecule has 1 aromatic carbocycles. The first kappa shape index (κ1) is 8.70. The average Bonchev–Trinajstić information content (AvgIpc) is 2.19. The molecule has 1 aromatic rings. The van der Waals surface area contributed by atoms with Crippen LogP contribution in [0, 0.1) is 5.82 Å². The van der Waals surface area contributed by atoms with Crippen LogP contribution in [0.1, 0.15) is 24.3 Å². The predicted molar refractivity (Wildman–Crippen MR) is 50.2 cm³/mol. The van der Waals surface area contributed by atoms with Crippen LogP contribution in [0.5, 0.6) is 0 Å². The second-order valence-corrected chi connectivity index (χ2v) is 3.52. The Labute approximate surface area is 78.0 Å². The molecule has 0 amide bonds. The van der Waals surface area contributed by atoms with Gasteiger partial charge in [0.05, 0.1) is 0 Å². The van der Waals surface area contributed by atoms with E-state index in [-0.39, 0.29) is 5.82 Å². The van der Waals surface area contributed by atoms with Crippen molar-refractivity contribution < 1.29 is 4.39 Å². The summed E-state index contributed by atoms with van der Waals surface area (Å²) < 4.78 is 12.9. The van der Waals surface area contributed by atoms with E-state index in [2.05, 4.69) is 5.32 Å². The number of nitrogens with zero attached hydrogens (tertiary/aromatic N) is 1. The Morgan fingerprint density at radius 3 is 3.00 bits per heavy atom. The third-order valence-electron chi connectivity index (χ3n) is 2.54.